The number of amides is 1. The third-order valence-corrected chi connectivity index (χ3v) is 4.59. The van der Waals surface area contributed by atoms with Crippen molar-refractivity contribution >= 4 is 15.7 Å². The van der Waals surface area contributed by atoms with Gasteiger partial charge in [-0.25, -0.2) is 8.42 Å². The average molecular weight is 369 g/mol. The highest BCUT2D eigenvalue weighted by Crippen LogP contribution is 2.20. The fourth-order valence-corrected chi connectivity index (χ4v) is 2.84. The van der Waals surface area contributed by atoms with Crippen LogP contribution in [0.5, 0.6) is 5.75 Å². The number of sulfone groups is 1. The van der Waals surface area contributed by atoms with Crippen LogP contribution in [-0.2, 0) is 9.84 Å². The number of rotatable bonds is 6. The molecule has 0 spiro atoms. The highest BCUT2D eigenvalue weighted by Gasteiger charge is 2.15. The molecule has 1 atom stereocenters. The molecule has 8 heteroatoms. The van der Waals surface area contributed by atoms with Gasteiger partial charge in [0.1, 0.15) is 5.75 Å². The van der Waals surface area contributed by atoms with Crippen molar-refractivity contribution in [2.24, 2.45) is 0 Å². The van der Waals surface area contributed by atoms with Gasteiger partial charge in [-0.3, -0.25) is 4.79 Å². The second-order valence-corrected chi connectivity index (χ2v) is 7.46. The SMILES string of the molecule is CC(NC(=O)c1cccc(S(C)(=O)=O)c1)c1ccc(OC(F)F)cc1. The standard InChI is InChI=1S/C17H17F2NO4S/c1-11(12-6-8-14(9-7-12)24-17(18)19)20-16(21)13-4-3-5-15(10-13)25(2,22)23/h3-11,17H,1-2H3,(H,20,21). The van der Waals surface area contributed by atoms with Gasteiger partial charge in [0.25, 0.3) is 5.91 Å². The van der Waals surface area contributed by atoms with Crippen LogP contribution >= 0.6 is 0 Å². The molecule has 0 aromatic heterocycles. The Morgan fingerprint density at radius 3 is 2.32 bits per heavy atom. The largest absolute Gasteiger partial charge is 0.435 e. The lowest BCUT2D eigenvalue weighted by Gasteiger charge is -2.15. The maximum absolute atomic E-state index is 12.3. The molecule has 134 valence electrons. The molecule has 25 heavy (non-hydrogen) atoms. The van der Waals surface area contributed by atoms with Crippen molar-refractivity contribution in [1.29, 1.82) is 0 Å². The van der Waals surface area contributed by atoms with Crippen molar-refractivity contribution in [3.05, 3.63) is 59.7 Å². The van der Waals surface area contributed by atoms with Crippen molar-refractivity contribution in [3.63, 3.8) is 0 Å². The molecule has 0 aliphatic rings. The molecule has 2 aromatic rings. The Morgan fingerprint density at radius 2 is 1.76 bits per heavy atom. The Morgan fingerprint density at radius 1 is 1.12 bits per heavy atom. The molecule has 1 unspecified atom stereocenters. The van der Waals surface area contributed by atoms with Crippen LogP contribution in [0.15, 0.2) is 53.4 Å². The van der Waals surface area contributed by atoms with Gasteiger partial charge in [-0.05, 0) is 42.8 Å². The van der Waals surface area contributed by atoms with E-state index in [9.17, 15) is 22.0 Å². The highest BCUT2D eigenvalue weighted by atomic mass is 32.2. The summed E-state index contributed by atoms with van der Waals surface area (Å²) >= 11 is 0. The maximum atomic E-state index is 12.3. The zero-order valence-electron chi connectivity index (χ0n) is 13.6. The van der Waals surface area contributed by atoms with Crippen LogP contribution in [0, 0.1) is 0 Å². The fourth-order valence-electron chi connectivity index (χ4n) is 2.17. The molecule has 1 amide bonds. The second-order valence-electron chi connectivity index (χ2n) is 5.44. The predicted molar refractivity (Wildman–Crippen MR) is 88.5 cm³/mol. The number of ether oxygens (including phenoxy) is 1. The number of benzene rings is 2. The summed E-state index contributed by atoms with van der Waals surface area (Å²) in [6.45, 7) is -1.17. The van der Waals surface area contributed by atoms with Crippen LogP contribution in [-0.4, -0.2) is 27.2 Å². The second kappa shape index (κ2) is 7.60. The summed E-state index contributed by atoms with van der Waals surface area (Å²) in [5, 5.41) is 2.73. The topological polar surface area (TPSA) is 72.5 Å². The van der Waals surface area contributed by atoms with E-state index < -0.39 is 28.4 Å². The molecule has 0 heterocycles. The van der Waals surface area contributed by atoms with Gasteiger partial charge in [0, 0.05) is 11.8 Å². The number of nitrogens with one attached hydrogen (secondary N) is 1. The molecule has 0 radical (unpaired) electrons. The van der Waals surface area contributed by atoms with Crippen molar-refractivity contribution in [1.82, 2.24) is 5.32 Å². The normalized spacial score (nSPS) is 12.7. The fraction of sp³-hybridized carbons (Fsp3) is 0.235. The van der Waals surface area contributed by atoms with Crippen LogP contribution in [0.25, 0.3) is 0 Å². The zero-order chi connectivity index (χ0) is 18.6. The summed E-state index contributed by atoms with van der Waals surface area (Å²) in [6.07, 6.45) is 1.07. The van der Waals surface area contributed by atoms with Gasteiger partial charge in [0.2, 0.25) is 0 Å². The third kappa shape index (κ3) is 5.25. The molecule has 0 fully saturated rings. The van der Waals surface area contributed by atoms with E-state index in [4.69, 9.17) is 0 Å². The van der Waals surface area contributed by atoms with Crippen molar-refractivity contribution in [3.8, 4) is 5.75 Å². The monoisotopic (exact) mass is 369 g/mol. The van der Waals surface area contributed by atoms with Crippen LogP contribution in [0.4, 0.5) is 8.78 Å². The van der Waals surface area contributed by atoms with Gasteiger partial charge in [-0.2, -0.15) is 8.78 Å². The Labute approximate surface area is 144 Å². The number of alkyl halides is 2. The molecule has 0 bridgehead atoms. The third-order valence-electron chi connectivity index (χ3n) is 3.48. The summed E-state index contributed by atoms with van der Waals surface area (Å²) in [5.74, 6) is -0.413. The number of carbonyl (C=O) groups is 1. The van der Waals surface area contributed by atoms with E-state index in [1.165, 1.54) is 36.4 Å². The lowest BCUT2D eigenvalue weighted by molar-refractivity contribution is -0.0498. The average Bonchev–Trinajstić information content (AvgIpc) is 2.54. The Hall–Kier alpha value is -2.48. The lowest BCUT2D eigenvalue weighted by Crippen LogP contribution is -2.26. The van der Waals surface area contributed by atoms with E-state index in [1.54, 1.807) is 19.1 Å². The summed E-state index contributed by atoms with van der Waals surface area (Å²) in [6, 6.07) is 11.2. The Balaban J connectivity index is 2.10. The first kappa shape index (κ1) is 18.9. The van der Waals surface area contributed by atoms with Crippen LogP contribution in [0.3, 0.4) is 0 Å². The van der Waals surface area contributed by atoms with Crippen LogP contribution < -0.4 is 10.1 Å². The molecule has 2 rings (SSSR count). The van der Waals surface area contributed by atoms with E-state index >= 15 is 0 Å². The van der Waals surface area contributed by atoms with Crippen molar-refractivity contribution in [2.45, 2.75) is 24.5 Å². The van der Waals surface area contributed by atoms with Crippen molar-refractivity contribution in [2.75, 3.05) is 6.26 Å². The minimum atomic E-state index is -3.41. The van der Waals surface area contributed by atoms with E-state index in [2.05, 4.69) is 10.1 Å². The predicted octanol–water partition coefficient (Wildman–Crippen LogP) is 3.18. The summed E-state index contributed by atoms with van der Waals surface area (Å²) in [4.78, 5) is 12.3. The smallest absolute Gasteiger partial charge is 0.387 e. The zero-order valence-corrected chi connectivity index (χ0v) is 14.4. The first-order chi connectivity index (χ1) is 11.7. The van der Waals surface area contributed by atoms with Gasteiger partial charge >= 0.3 is 6.61 Å². The number of carbonyl (C=O) groups excluding carboxylic acids is 1. The number of hydrogen-bond donors (Lipinski definition) is 1. The van der Waals surface area contributed by atoms with E-state index in [0.29, 0.717) is 5.56 Å². The molecule has 0 saturated carbocycles. The van der Waals surface area contributed by atoms with Crippen molar-refractivity contribution < 1.29 is 26.7 Å². The molecule has 2 aromatic carbocycles. The minimum absolute atomic E-state index is 0.0260. The van der Waals surface area contributed by atoms with E-state index in [-0.39, 0.29) is 16.2 Å². The van der Waals surface area contributed by atoms with Crippen LogP contribution in [0.1, 0.15) is 28.9 Å². The summed E-state index contributed by atoms with van der Waals surface area (Å²) < 4.78 is 51.7. The van der Waals surface area contributed by atoms with E-state index in [0.717, 1.165) is 6.26 Å². The maximum Gasteiger partial charge on any atom is 0.387 e. The summed E-state index contributed by atoms with van der Waals surface area (Å²) in [5.41, 5.74) is 0.904. The molecule has 5 nitrogen and oxygen atoms in total. The molecule has 0 saturated heterocycles. The van der Waals surface area contributed by atoms with Gasteiger partial charge in [0.15, 0.2) is 9.84 Å². The van der Waals surface area contributed by atoms with Crippen LogP contribution in [0.2, 0.25) is 0 Å². The summed E-state index contributed by atoms with van der Waals surface area (Å²) in [7, 11) is -3.41. The van der Waals surface area contributed by atoms with Gasteiger partial charge in [0.05, 0.1) is 10.9 Å². The molecule has 0 aliphatic carbocycles. The first-order valence-electron chi connectivity index (χ1n) is 7.32. The first-order valence-corrected chi connectivity index (χ1v) is 9.21. The van der Waals surface area contributed by atoms with Gasteiger partial charge in [-0.15, -0.1) is 0 Å². The van der Waals surface area contributed by atoms with Gasteiger partial charge < -0.3 is 10.1 Å². The Bertz CT molecular complexity index is 851. The molecule has 0 aliphatic heterocycles. The van der Waals surface area contributed by atoms with Gasteiger partial charge in [-0.1, -0.05) is 18.2 Å². The number of hydrogen-bond acceptors (Lipinski definition) is 4. The molecule has 1 N–H and O–H groups in total. The minimum Gasteiger partial charge on any atom is -0.435 e. The van der Waals surface area contributed by atoms with E-state index in [1.807, 2.05) is 0 Å². The molecular weight excluding hydrogens is 352 g/mol. The highest BCUT2D eigenvalue weighted by molar-refractivity contribution is 7.90. The Kier molecular flexibility index (Phi) is 5.73. The quantitative estimate of drug-likeness (QED) is 0.849. The number of halogens is 2. The lowest BCUT2D eigenvalue weighted by atomic mass is 10.1. The molecular formula is C17H17F2NO4S.